The number of hydrogen-bond donors (Lipinski definition) is 2. The molecule has 0 heterocycles. The minimum absolute atomic E-state index is 0.0403. The molecule has 2 aromatic rings. The number of hydrazine groups is 1. The molecule has 0 saturated carbocycles. The molecule has 0 spiro atoms. The highest BCUT2D eigenvalue weighted by molar-refractivity contribution is 5.96. The summed E-state index contributed by atoms with van der Waals surface area (Å²) in [5.41, 5.74) is 4.90. The topological polar surface area (TPSA) is 76.7 Å². The van der Waals surface area contributed by atoms with E-state index in [0.29, 0.717) is 23.8 Å². The Kier molecular flexibility index (Phi) is 7.16. The number of nitrogens with one attached hydrogen (secondary N) is 2. The molecule has 0 aliphatic heterocycles. The SMILES string of the molecule is CC(C)COc1cccc(C(=O)NNC(=O)[C@H](C)Oc2ccccc2F)c1. The van der Waals surface area contributed by atoms with Crippen molar-refractivity contribution in [3.05, 3.63) is 59.9 Å². The van der Waals surface area contributed by atoms with Crippen LogP contribution >= 0.6 is 0 Å². The van der Waals surface area contributed by atoms with Crippen molar-refractivity contribution in [2.45, 2.75) is 26.9 Å². The van der Waals surface area contributed by atoms with E-state index in [-0.39, 0.29) is 5.75 Å². The summed E-state index contributed by atoms with van der Waals surface area (Å²) in [6, 6.07) is 12.4. The summed E-state index contributed by atoms with van der Waals surface area (Å²) in [6.45, 7) is 6.04. The highest BCUT2D eigenvalue weighted by atomic mass is 19.1. The molecule has 1 atom stereocenters. The molecule has 0 saturated heterocycles. The number of benzene rings is 2. The molecule has 6 nitrogen and oxygen atoms in total. The predicted molar refractivity (Wildman–Crippen MR) is 98.9 cm³/mol. The van der Waals surface area contributed by atoms with E-state index >= 15 is 0 Å². The van der Waals surface area contributed by atoms with E-state index in [1.54, 1.807) is 30.3 Å². The van der Waals surface area contributed by atoms with Gasteiger partial charge in [0.05, 0.1) is 6.61 Å². The lowest BCUT2D eigenvalue weighted by molar-refractivity contribution is -0.128. The number of amides is 2. The molecule has 0 aromatic heterocycles. The van der Waals surface area contributed by atoms with Gasteiger partial charge in [-0.05, 0) is 43.2 Å². The standard InChI is InChI=1S/C20H23FN2O4/c1-13(2)12-26-16-8-6-7-15(11-16)20(25)23-22-19(24)14(3)27-18-10-5-4-9-17(18)21/h4-11,13-14H,12H2,1-3H3,(H,22,24)(H,23,25)/t14-/m0/s1. The Balaban J connectivity index is 1.88. The van der Waals surface area contributed by atoms with Crippen LogP contribution in [0.1, 0.15) is 31.1 Å². The highest BCUT2D eigenvalue weighted by Crippen LogP contribution is 2.17. The van der Waals surface area contributed by atoms with Crippen LogP contribution in [0.2, 0.25) is 0 Å². The zero-order valence-corrected chi connectivity index (χ0v) is 15.5. The summed E-state index contributed by atoms with van der Waals surface area (Å²) in [4.78, 5) is 24.2. The highest BCUT2D eigenvalue weighted by Gasteiger charge is 2.17. The number of halogens is 1. The van der Waals surface area contributed by atoms with Crippen LogP contribution in [0.15, 0.2) is 48.5 Å². The molecule has 0 fully saturated rings. The van der Waals surface area contributed by atoms with E-state index < -0.39 is 23.7 Å². The summed E-state index contributed by atoms with van der Waals surface area (Å²) in [5, 5.41) is 0. The Morgan fingerprint density at radius 2 is 1.78 bits per heavy atom. The monoisotopic (exact) mass is 374 g/mol. The number of ether oxygens (including phenoxy) is 2. The number of carbonyl (C=O) groups is 2. The molecular weight excluding hydrogens is 351 g/mol. The Labute approximate surface area is 157 Å². The quantitative estimate of drug-likeness (QED) is 0.730. The van der Waals surface area contributed by atoms with Crippen molar-refractivity contribution in [3.8, 4) is 11.5 Å². The van der Waals surface area contributed by atoms with Gasteiger partial charge < -0.3 is 9.47 Å². The largest absolute Gasteiger partial charge is 0.493 e. The molecular formula is C20H23FN2O4. The first-order chi connectivity index (χ1) is 12.9. The first kappa shape index (κ1) is 20.2. The van der Waals surface area contributed by atoms with Crippen LogP contribution in [0.25, 0.3) is 0 Å². The average Bonchev–Trinajstić information content (AvgIpc) is 2.66. The molecule has 2 aromatic carbocycles. The molecule has 27 heavy (non-hydrogen) atoms. The van der Waals surface area contributed by atoms with E-state index in [1.807, 2.05) is 13.8 Å². The molecule has 0 bridgehead atoms. The maximum atomic E-state index is 13.6. The van der Waals surface area contributed by atoms with Crippen LogP contribution in [-0.2, 0) is 4.79 Å². The van der Waals surface area contributed by atoms with E-state index in [9.17, 15) is 14.0 Å². The van der Waals surface area contributed by atoms with Gasteiger partial charge in [0.15, 0.2) is 17.7 Å². The lowest BCUT2D eigenvalue weighted by atomic mass is 10.2. The number of hydrogen-bond acceptors (Lipinski definition) is 4. The number of para-hydroxylation sites is 1. The van der Waals surface area contributed by atoms with Crippen molar-refractivity contribution >= 4 is 11.8 Å². The van der Waals surface area contributed by atoms with Gasteiger partial charge in [-0.1, -0.05) is 32.0 Å². The van der Waals surface area contributed by atoms with Gasteiger partial charge in [-0.15, -0.1) is 0 Å². The molecule has 0 radical (unpaired) electrons. The van der Waals surface area contributed by atoms with Gasteiger partial charge in [0.1, 0.15) is 5.75 Å². The fourth-order valence-electron chi connectivity index (χ4n) is 2.07. The summed E-state index contributed by atoms with van der Waals surface area (Å²) in [7, 11) is 0. The van der Waals surface area contributed by atoms with Crippen molar-refractivity contribution in [3.63, 3.8) is 0 Å². The fraction of sp³-hybridized carbons (Fsp3) is 0.300. The van der Waals surface area contributed by atoms with Crippen molar-refractivity contribution in [2.75, 3.05) is 6.61 Å². The maximum Gasteiger partial charge on any atom is 0.279 e. The minimum atomic E-state index is -0.997. The lowest BCUT2D eigenvalue weighted by Crippen LogP contribution is -2.47. The second-order valence-corrected chi connectivity index (χ2v) is 6.37. The van der Waals surface area contributed by atoms with Crippen molar-refractivity contribution in [2.24, 2.45) is 5.92 Å². The van der Waals surface area contributed by atoms with Crippen molar-refractivity contribution < 1.29 is 23.5 Å². The Morgan fingerprint density at radius 1 is 1.04 bits per heavy atom. The normalized spacial score (nSPS) is 11.6. The Hall–Kier alpha value is -3.09. The van der Waals surface area contributed by atoms with Gasteiger partial charge in [-0.3, -0.25) is 20.4 Å². The molecule has 2 N–H and O–H groups in total. The molecule has 2 rings (SSSR count). The summed E-state index contributed by atoms with van der Waals surface area (Å²) < 4.78 is 24.4. The van der Waals surface area contributed by atoms with Crippen LogP contribution in [0.4, 0.5) is 4.39 Å². The third kappa shape index (κ3) is 6.29. The van der Waals surface area contributed by atoms with Gasteiger partial charge >= 0.3 is 0 Å². The van der Waals surface area contributed by atoms with Crippen LogP contribution in [0.5, 0.6) is 11.5 Å². The molecule has 0 aliphatic rings. The summed E-state index contributed by atoms with van der Waals surface area (Å²) >= 11 is 0. The maximum absolute atomic E-state index is 13.6. The van der Waals surface area contributed by atoms with E-state index in [1.165, 1.54) is 25.1 Å². The van der Waals surface area contributed by atoms with E-state index in [0.717, 1.165) is 0 Å². The van der Waals surface area contributed by atoms with Crippen molar-refractivity contribution in [1.29, 1.82) is 0 Å². The van der Waals surface area contributed by atoms with E-state index in [4.69, 9.17) is 9.47 Å². The first-order valence-electron chi connectivity index (χ1n) is 8.61. The third-order valence-electron chi connectivity index (χ3n) is 3.49. The van der Waals surface area contributed by atoms with Gasteiger partial charge in [0, 0.05) is 5.56 Å². The summed E-state index contributed by atoms with van der Waals surface area (Å²) in [6.07, 6.45) is -0.997. The smallest absolute Gasteiger partial charge is 0.279 e. The minimum Gasteiger partial charge on any atom is -0.493 e. The number of carbonyl (C=O) groups excluding carboxylic acids is 2. The Bertz CT molecular complexity index is 795. The molecule has 144 valence electrons. The predicted octanol–water partition coefficient (Wildman–Crippen LogP) is 3.09. The molecule has 2 amide bonds. The lowest BCUT2D eigenvalue weighted by Gasteiger charge is -2.15. The van der Waals surface area contributed by atoms with Gasteiger partial charge in [-0.25, -0.2) is 4.39 Å². The Morgan fingerprint density at radius 3 is 2.48 bits per heavy atom. The van der Waals surface area contributed by atoms with Gasteiger partial charge in [0.25, 0.3) is 11.8 Å². The number of rotatable bonds is 7. The average molecular weight is 374 g/mol. The van der Waals surface area contributed by atoms with Crippen molar-refractivity contribution in [1.82, 2.24) is 10.9 Å². The zero-order chi connectivity index (χ0) is 19.8. The fourth-order valence-corrected chi connectivity index (χ4v) is 2.07. The van der Waals surface area contributed by atoms with Gasteiger partial charge in [0.2, 0.25) is 0 Å². The van der Waals surface area contributed by atoms with Crippen LogP contribution in [0.3, 0.4) is 0 Å². The summed E-state index contributed by atoms with van der Waals surface area (Å²) in [5.74, 6) is -0.798. The third-order valence-corrected chi connectivity index (χ3v) is 3.49. The molecule has 0 unspecified atom stereocenters. The van der Waals surface area contributed by atoms with Crippen LogP contribution < -0.4 is 20.3 Å². The van der Waals surface area contributed by atoms with Gasteiger partial charge in [-0.2, -0.15) is 0 Å². The first-order valence-corrected chi connectivity index (χ1v) is 8.61. The second kappa shape index (κ2) is 9.56. The van der Waals surface area contributed by atoms with E-state index in [2.05, 4.69) is 10.9 Å². The zero-order valence-electron chi connectivity index (χ0n) is 15.5. The molecule has 0 aliphatic carbocycles. The van der Waals surface area contributed by atoms with Crippen LogP contribution in [-0.4, -0.2) is 24.5 Å². The van der Waals surface area contributed by atoms with Crippen LogP contribution in [0, 0.1) is 11.7 Å². The molecule has 7 heteroatoms. The second-order valence-electron chi connectivity index (χ2n) is 6.37.